The third-order valence-corrected chi connectivity index (χ3v) is 4.51. The van der Waals surface area contributed by atoms with E-state index >= 15 is 0 Å². The second-order valence-electron chi connectivity index (χ2n) is 6.92. The first-order chi connectivity index (χ1) is 15.5. The number of rotatable bonds is 5. The lowest BCUT2D eigenvalue weighted by Crippen LogP contribution is -2.51. The standard InChI is InChI=1S/C22H28N4O6/c1-2-6-18-22(30)24-10-12-31-13-14-32-16-20(28)26(15-19(27)25-18)11-9-23-21(29)17-7-4-3-5-8-17/h1,3-5,7-8,18H,6,9-16H2,(H,23,29)(H,24,30)(H,25,27)/t18-/m1/s1. The van der Waals surface area contributed by atoms with E-state index in [2.05, 4.69) is 21.9 Å². The van der Waals surface area contributed by atoms with Crippen molar-refractivity contribution in [1.29, 1.82) is 0 Å². The first-order valence-electron chi connectivity index (χ1n) is 10.3. The molecule has 0 saturated carbocycles. The van der Waals surface area contributed by atoms with Crippen LogP contribution in [0.4, 0.5) is 0 Å². The molecule has 1 aliphatic rings. The Bertz CT molecular complexity index is 823. The van der Waals surface area contributed by atoms with Gasteiger partial charge in [-0.3, -0.25) is 19.2 Å². The fraction of sp³-hybridized carbons (Fsp3) is 0.455. The molecule has 2 rings (SSSR count). The molecule has 10 nitrogen and oxygen atoms in total. The molecule has 32 heavy (non-hydrogen) atoms. The normalized spacial score (nSPS) is 19.0. The maximum Gasteiger partial charge on any atom is 0.251 e. The van der Waals surface area contributed by atoms with Crippen LogP contribution in [0.3, 0.4) is 0 Å². The second kappa shape index (κ2) is 13.8. The van der Waals surface area contributed by atoms with Crippen molar-refractivity contribution in [3.8, 4) is 12.3 Å². The number of terminal acetylenes is 1. The fourth-order valence-corrected chi connectivity index (χ4v) is 2.87. The molecule has 0 aliphatic carbocycles. The first kappa shape index (κ1) is 24.8. The molecule has 4 amide bonds. The zero-order valence-electron chi connectivity index (χ0n) is 17.8. The predicted octanol–water partition coefficient (Wildman–Crippen LogP) is -1.08. The van der Waals surface area contributed by atoms with Crippen LogP contribution in [-0.4, -0.2) is 87.2 Å². The summed E-state index contributed by atoms with van der Waals surface area (Å²) in [5.74, 6) is 0.662. The zero-order valence-corrected chi connectivity index (χ0v) is 17.8. The Labute approximate surface area is 187 Å². The molecule has 1 saturated heterocycles. The summed E-state index contributed by atoms with van der Waals surface area (Å²) in [6.07, 6.45) is 5.32. The highest BCUT2D eigenvalue weighted by molar-refractivity contribution is 5.94. The number of nitrogens with zero attached hydrogens (tertiary/aromatic N) is 1. The lowest BCUT2D eigenvalue weighted by molar-refractivity contribution is -0.140. The van der Waals surface area contributed by atoms with Crippen molar-refractivity contribution in [2.24, 2.45) is 0 Å². The van der Waals surface area contributed by atoms with Crippen LogP contribution < -0.4 is 16.0 Å². The molecular weight excluding hydrogens is 416 g/mol. The van der Waals surface area contributed by atoms with Crippen LogP contribution in [0.1, 0.15) is 16.8 Å². The van der Waals surface area contributed by atoms with E-state index in [9.17, 15) is 19.2 Å². The molecule has 1 fully saturated rings. The Morgan fingerprint density at radius 1 is 1.16 bits per heavy atom. The number of amides is 4. The van der Waals surface area contributed by atoms with Gasteiger partial charge in [-0.15, -0.1) is 12.3 Å². The highest BCUT2D eigenvalue weighted by Crippen LogP contribution is 1.99. The van der Waals surface area contributed by atoms with E-state index in [1.807, 2.05) is 0 Å². The fourth-order valence-electron chi connectivity index (χ4n) is 2.87. The number of carbonyl (C=O) groups is 4. The predicted molar refractivity (Wildman–Crippen MR) is 115 cm³/mol. The van der Waals surface area contributed by atoms with E-state index in [0.29, 0.717) is 5.56 Å². The molecule has 0 bridgehead atoms. The molecule has 0 spiro atoms. The Morgan fingerprint density at radius 3 is 2.66 bits per heavy atom. The zero-order chi connectivity index (χ0) is 23.2. The average Bonchev–Trinajstić information content (AvgIpc) is 2.79. The number of ether oxygens (including phenoxy) is 2. The summed E-state index contributed by atoms with van der Waals surface area (Å²) < 4.78 is 10.6. The Kier molecular flexibility index (Phi) is 10.7. The Hall–Kier alpha value is -3.42. The SMILES string of the molecule is C#CC[C@H]1NC(=O)CN(CCNC(=O)c2ccccc2)C(=O)COCCOCCNC1=O. The molecule has 1 heterocycles. The van der Waals surface area contributed by atoms with Gasteiger partial charge < -0.3 is 30.3 Å². The second-order valence-corrected chi connectivity index (χ2v) is 6.92. The van der Waals surface area contributed by atoms with Crippen molar-refractivity contribution < 1.29 is 28.7 Å². The Balaban J connectivity index is 2.00. The van der Waals surface area contributed by atoms with E-state index < -0.39 is 23.8 Å². The van der Waals surface area contributed by atoms with Crippen molar-refractivity contribution in [2.45, 2.75) is 12.5 Å². The largest absolute Gasteiger partial charge is 0.377 e. The summed E-state index contributed by atoms with van der Waals surface area (Å²) in [7, 11) is 0. The van der Waals surface area contributed by atoms with Gasteiger partial charge in [0.25, 0.3) is 5.91 Å². The topological polar surface area (TPSA) is 126 Å². The van der Waals surface area contributed by atoms with Crippen LogP contribution in [0.25, 0.3) is 0 Å². The molecule has 0 radical (unpaired) electrons. The molecule has 1 aromatic carbocycles. The minimum Gasteiger partial charge on any atom is -0.377 e. The van der Waals surface area contributed by atoms with Gasteiger partial charge in [0.2, 0.25) is 17.7 Å². The maximum atomic E-state index is 12.6. The molecular formula is C22H28N4O6. The molecule has 172 valence electrons. The first-order valence-corrected chi connectivity index (χ1v) is 10.3. The van der Waals surface area contributed by atoms with E-state index in [1.54, 1.807) is 30.3 Å². The van der Waals surface area contributed by atoms with Crippen LogP contribution in [0.15, 0.2) is 30.3 Å². The average molecular weight is 444 g/mol. The van der Waals surface area contributed by atoms with Gasteiger partial charge in [0, 0.05) is 31.6 Å². The summed E-state index contributed by atoms with van der Waals surface area (Å²) in [4.78, 5) is 50.8. The number of nitrogens with one attached hydrogen (secondary N) is 3. The highest BCUT2D eigenvalue weighted by Gasteiger charge is 2.23. The monoisotopic (exact) mass is 444 g/mol. The third kappa shape index (κ3) is 8.75. The van der Waals surface area contributed by atoms with E-state index in [-0.39, 0.29) is 64.9 Å². The number of hydrogen-bond acceptors (Lipinski definition) is 6. The van der Waals surface area contributed by atoms with Crippen molar-refractivity contribution >= 4 is 23.6 Å². The van der Waals surface area contributed by atoms with Gasteiger partial charge in [-0.1, -0.05) is 18.2 Å². The summed E-state index contributed by atoms with van der Waals surface area (Å²) >= 11 is 0. The quantitative estimate of drug-likeness (QED) is 0.496. The van der Waals surface area contributed by atoms with Crippen LogP contribution in [0.5, 0.6) is 0 Å². The van der Waals surface area contributed by atoms with Gasteiger partial charge in [-0.25, -0.2) is 0 Å². The summed E-state index contributed by atoms with van der Waals surface area (Å²) in [5.41, 5.74) is 0.486. The highest BCUT2D eigenvalue weighted by atomic mass is 16.5. The van der Waals surface area contributed by atoms with Gasteiger partial charge in [-0.05, 0) is 12.1 Å². The van der Waals surface area contributed by atoms with Crippen molar-refractivity contribution in [2.75, 3.05) is 52.6 Å². The lowest BCUT2D eigenvalue weighted by Gasteiger charge is -2.24. The molecule has 1 atom stereocenters. The van der Waals surface area contributed by atoms with Gasteiger partial charge in [0.05, 0.1) is 26.4 Å². The van der Waals surface area contributed by atoms with E-state index in [0.717, 1.165) is 0 Å². The van der Waals surface area contributed by atoms with Crippen LogP contribution in [0.2, 0.25) is 0 Å². The van der Waals surface area contributed by atoms with Gasteiger partial charge in [0.15, 0.2) is 0 Å². The third-order valence-electron chi connectivity index (χ3n) is 4.51. The number of carbonyl (C=O) groups excluding carboxylic acids is 4. The molecule has 1 aromatic rings. The van der Waals surface area contributed by atoms with Crippen LogP contribution in [0, 0.1) is 12.3 Å². The van der Waals surface area contributed by atoms with Gasteiger partial charge >= 0.3 is 0 Å². The minimum absolute atomic E-state index is 0.00260. The van der Waals surface area contributed by atoms with Gasteiger partial charge in [-0.2, -0.15) is 0 Å². The smallest absolute Gasteiger partial charge is 0.251 e. The number of hydrogen-bond donors (Lipinski definition) is 3. The number of benzene rings is 1. The van der Waals surface area contributed by atoms with Gasteiger partial charge in [0.1, 0.15) is 12.6 Å². The van der Waals surface area contributed by atoms with Crippen LogP contribution in [-0.2, 0) is 23.9 Å². The minimum atomic E-state index is -0.927. The van der Waals surface area contributed by atoms with E-state index in [4.69, 9.17) is 15.9 Å². The molecule has 3 N–H and O–H groups in total. The summed E-state index contributed by atoms with van der Waals surface area (Å²) in [6.45, 7) is 0.601. The van der Waals surface area contributed by atoms with Crippen molar-refractivity contribution in [3.05, 3.63) is 35.9 Å². The van der Waals surface area contributed by atoms with Crippen molar-refractivity contribution in [1.82, 2.24) is 20.9 Å². The lowest BCUT2D eigenvalue weighted by atomic mass is 10.2. The summed E-state index contributed by atoms with van der Waals surface area (Å²) in [6, 6.07) is 7.71. The Morgan fingerprint density at radius 2 is 1.91 bits per heavy atom. The molecule has 0 aromatic heterocycles. The van der Waals surface area contributed by atoms with E-state index in [1.165, 1.54) is 4.90 Å². The molecule has 1 aliphatic heterocycles. The summed E-state index contributed by atoms with van der Waals surface area (Å²) in [5, 5.41) is 7.92. The van der Waals surface area contributed by atoms with Crippen LogP contribution >= 0.6 is 0 Å². The maximum absolute atomic E-state index is 12.6. The molecule has 0 unspecified atom stereocenters. The molecule has 10 heteroatoms. The van der Waals surface area contributed by atoms with Crippen molar-refractivity contribution in [3.63, 3.8) is 0 Å².